The van der Waals surface area contributed by atoms with Crippen LogP contribution in [-0.2, 0) is 21.5 Å². The van der Waals surface area contributed by atoms with E-state index in [0.29, 0.717) is 6.42 Å². The van der Waals surface area contributed by atoms with Crippen LogP contribution in [0.2, 0.25) is 0 Å². The van der Waals surface area contributed by atoms with Crippen LogP contribution >= 0.6 is 0 Å². The molecular formula is C24H27N3O3. The third-order valence-electron chi connectivity index (χ3n) is 6.07. The molecule has 30 heavy (non-hydrogen) atoms. The smallest absolute Gasteiger partial charge is 0.325 e. The first-order chi connectivity index (χ1) is 14.5. The van der Waals surface area contributed by atoms with Gasteiger partial charge in [-0.25, -0.2) is 4.79 Å². The molecule has 0 radical (unpaired) electrons. The Labute approximate surface area is 176 Å². The minimum atomic E-state index is -1.05. The lowest BCUT2D eigenvalue weighted by Crippen LogP contribution is -2.47. The van der Waals surface area contributed by atoms with Gasteiger partial charge in [0, 0.05) is 0 Å². The number of hydrogen-bond acceptors (Lipinski definition) is 3. The van der Waals surface area contributed by atoms with E-state index >= 15 is 0 Å². The summed E-state index contributed by atoms with van der Waals surface area (Å²) in [6.45, 7) is 1.78. The fraction of sp³-hybridized carbons (Fsp3) is 0.375. The Morgan fingerprint density at radius 1 is 1.13 bits per heavy atom. The van der Waals surface area contributed by atoms with Gasteiger partial charge in [0.15, 0.2) is 0 Å². The number of urea groups is 1. The maximum Gasteiger partial charge on any atom is 0.325 e. The van der Waals surface area contributed by atoms with Crippen LogP contribution in [0.4, 0.5) is 4.79 Å². The van der Waals surface area contributed by atoms with Crippen LogP contribution in [0.5, 0.6) is 0 Å². The number of benzene rings is 2. The third kappa shape index (κ3) is 3.58. The molecule has 0 aromatic heterocycles. The molecule has 1 saturated heterocycles. The zero-order valence-electron chi connectivity index (χ0n) is 17.2. The van der Waals surface area contributed by atoms with Crippen molar-refractivity contribution in [2.45, 2.75) is 50.6 Å². The van der Waals surface area contributed by atoms with Crippen LogP contribution in [-0.4, -0.2) is 29.3 Å². The van der Waals surface area contributed by atoms with Gasteiger partial charge in [-0.1, -0.05) is 67.9 Å². The molecule has 2 aliphatic rings. The molecule has 0 saturated carbocycles. The van der Waals surface area contributed by atoms with Crippen LogP contribution in [0.25, 0.3) is 0 Å². The van der Waals surface area contributed by atoms with E-state index in [1.54, 1.807) is 0 Å². The molecule has 6 heteroatoms. The van der Waals surface area contributed by atoms with E-state index in [0.717, 1.165) is 47.3 Å². The second-order valence-corrected chi connectivity index (χ2v) is 8.06. The van der Waals surface area contributed by atoms with Gasteiger partial charge in [0.1, 0.15) is 12.1 Å². The number of carbonyl (C=O) groups is 3. The summed E-state index contributed by atoms with van der Waals surface area (Å²) in [6.07, 6.45) is 3.94. The molecule has 1 heterocycles. The van der Waals surface area contributed by atoms with Crippen molar-refractivity contribution >= 4 is 17.8 Å². The van der Waals surface area contributed by atoms with Crippen molar-refractivity contribution in [2.24, 2.45) is 0 Å². The van der Waals surface area contributed by atoms with Crippen LogP contribution in [0, 0.1) is 0 Å². The van der Waals surface area contributed by atoms with Gasteiger partial charge in [0.05, 0.1) is 6.04 Å². The molecule has 6 nitrogen and oxygen atoms in total. The Hall–Kier alpha value is -3.15. The molecule has 4 amide bonds. The Balaban J connectivity index is 1.51. The Kier molecular flexibility index (Phi) is 5.57. The highest BCUT2D eigenvalue weighted by Gasteiger charge is 2.54. The number of rotatable bonds is 6. The number of carbonyl (C=O) groups excluding carboxylic acids is 3. The first kappa shape index (κ1) is 20.1. The molecular weight excluding hydrogens is 378 g/mol. The zero-order valence-corrected chi connectivity index (χ0v) is 17.2. The average Bonchev–Trinajstić information content (AvgIpc) is 2.99. The van der Waals surface area contributed by atoms with Gasteiger partial charge in [-0.05, 0) is 42.4 Å². The summed E-state index contributed by atoms with van der Waals surface area (Å²) >= 11 is 0. The predicted molar refractivity (Wildman–Crippen MR) is 114 cm³/mol. The Morgan fingerprint density at radius 2 is 1.87 bits per heavy atom. The van der Waals surface area contributed by atoms with Gasteiger partial charge in [-0.2, -0.15) is 0 Å². The number of nitrogens with zero attached hydrogens (tertiary/aromatic N) is 1. The molecule has 1 aliphatic heterocycles. The number of imide groups is 1. The second kappa shape index (κ2) is 8.30. The minimum Gasteiger partial charge on any atom is -0.348 e. The quantitative estimate of drug-likeness (QED) is 0.723. The molecule has 1 spiro atoms. The molecule has 2 aromatic rings. The molecule has 0 bridgehead atoms. The number of amides is 4. The van der Waals surface area contributed by atoms with E-state index in [1.165, 1.54) is 0 Å². The molecule has 1 aliphatic carbocycles. The van der Waals surface area contributed by atoms with Crippen molar-refractivity contribution in [1.29, 1.82) is 0 Å². The average molecular weight is 405 g/mol. The van der Waals surface area contributed by atoms with E-state index in [4.69, 9.17) is 0 Å². The van der Waals surface area contributed by atoms with E-state index in [-0.39, 0.29) is 24.4 Å². The van der Waals surface area contributed by atoms with E-state index in [1.807, 2.05) is 54.6 Å². The lowest BCUT2D eigenvalue weighted by atomic mass is 9.76. The summed E-state index contributed by atoms with van der Waals surface area (Å²) in [5.74, 6) is -0.663. The van der Waals surface area contributed by atoms with Crippen molar-refractivity contribution in [3.8, 4) is 0 Å². The zero-order chi connectivity index (χ0) is 21.1. The molecule has 1 fully saturated rings. The maximum absolute atomic E-state index is 13.3. The van der Waals surface area contributed by atoms with Crippen LogP contribution < -0.4 is 10.6 Å². The number of hydrogen-bond donors (Lipinski definition) is 2. The summed E-state index contributed by atoms with van der Waals surface area (Å²) in [6, 6.07) is 16.8. The van der Waals surface area contributed by atoms with Crippen molar-refractivity contribution < 1.29 is 14.4 Å². The highest BCUT2D eigenvalue weighted by atomic mass is 16.2. The van der Waals surface area contributed by atoms with Crippen molar-refractivity contribution in [2.75, 3.05) is 6.54 Å². The highest BCUT2D eigenvalue weighted by Crippen LogP contribution is 2.39. The predicted octanol–water partition coefficient (Wildman–Crippen LogP) is 3.43. The van der Waals surface area contributed by atoms with Crippen LogP contribution in [0.1, 0.15) is 55.3 Å². The fourth-order valence-electron chi connectivity index (χ4n) is 4.63. The van der Waals surface area contributed by atoms with E-state index < -0.39 is 11.6 Å². The number of nitrogens with one attached hydrogen (secondary N) is 2. The molecule has 2 aromatic carbocycles. The van der Waals surface area contributed by atoms with Gasteiger partial charge in [-0.15, -0.1) is 0 Å². The fourth-order valence-corrected chi connectivity index (χ4v) is 4.63. The van der Waals surface area contributed by atoms with Gasteiger partial charge in [-0.3, -0.25) is 14.5 Å². The van der Waals surface area contributed by atoms with Gasteiger partial charge < -0.3 is 10.6 Å². The molecule has 2 atom stereocenters. The summed E-state index contributed by atoms with van der Waals surface area (Å²) in [7, 11) is 0. The molecule has 0 unspecified atom stereocenters. The lowest BCUT2D eigenvalue weighted by molar-refractivity contribution is -0.135. The largest absolute Gasteiger partial charge is 0.348 e. The van der Waals surface area contributed by atoms with Gasteiger partial charge in [0.2, 0.25) is 5.91 Å². The molecule has 2 N–H and O–H groups in total. The maximum atomic E-state index is 13.3. The first-order valence-corrected chi connectivity index (χ1v) is 10.6. The number of fused-ring (bicyclic) bond motifs is 2. The van der Waals surface area contributed by atoms with E-state index in [2.05, 4.69) is 17.6 Å². The topological polar surface area (TPSA) is 78.5 Å². The normalized spacial score (nSPS) is 21.3. The third-order valence-corrected chi connectivity index (χ3v) is 6.07. The lowest BCUT2D eigenvalue weighted by Gasteiger charge is -2.33. The van der Waals surface area contributed by atoms with Crippen LogP contribution in [0.15, 0.2) is 54.6 Å². The monoisotopic (exact) mass is 405 g/mol. The summed E-state index contributed by atoms with van der Waals surface area (Å²) < 4.78 is 0. The second-order valence-electron chi connectivity index (χ2n) is 8.06. The molecule has 156 valence electrons. The minimum absolute atomic E-state index is 0.145. The highest BCUT2D eigenvalue weighted by molar-refractivity contribution is 6.09. The first-order valence-electron chi connectivity index (χ1n) is 10.6. The molecule has 4 rings (SSSR count). The summed E-state index contributed by atoms with van der Waals surface area (Å²) in [5, 5.41) is 5.90. The van der Waals surface area contributed by atoms with Gasteiger partial charge in [0.25, 0.3) is 5.91 Å². The van der Waals surface area contributed by atoms with Crippen molar-refractivity contribution in [1.82, 2.24) is 15.5 Å². The Bertz CT molecular complexity index is 959. The Morgan fingerprint density at radius 3 is 2.63 bits per heavy atom. The number of aryl methyl sites for hydroxylation is 1. The van der Waals surface area contributed by atoms with Crippen molar-refractivity contribution in [3.05, 3.63) is 71.3 Å². The summed E-state index contributed by atoms with van der Waals surface area (Å²) in [4.78, 5) is 39.9. The van der Waals surface area contributed by atoms with Crippen LogP contribution in [0.3, 0.4) is 0 Å². The van der Waals surface area contributed by atoms with E-state index in [9.17, 15) is 14.4 Å². The SMILES string of the molecule is CCC[C@H](NC(=O)CN1C(=O)N[C@@]2(CCCc3ccccc32)C1=O)c1ccccc1. The van der Waals surface area contributed by atoms with Crippen molar-refractivity contribution in [3.63, 3.8) is 0 Å². The van der Waals surface area contributed by atoms with Gasteiger partial charge >= 0.3 is 6.03 Å². The standard InChI is InChI=1S/C24H27N3O3/c1-2-9-20(18-11-4-3-5-12-18)25-21(28)16-27-22(29)24(26-23(27)30)15-8-13-17-10-6-7-14-19(17)24/h3-7,10-12,14,20H,2,8-9,13,15-16H2,1H3,(H,25,28)(H,26,30)/t20-,24+/m0/s1. The summed E-state index contributed by atoms with van der Waals surface area (Å²) in [5.41, 5.74) is 1.90.